The van der Waals surface area contributed by atoms with Gasteiger partial charge in [-0.25, -0.2) is 12.8 Å². The summed E-state index contributed by atoms with van der Waals surface area (Å²) < 4.78 is 83.1. The second kappa shape index (κ2) is 7.51. The van der Waals surface area contributed by atoms with Crippen molar-refractivity contribution in [2.24, 2.45) is 0 Å². The summed E-state index contributed by atoms with van der Waals surface area (Å²) in [6.45, 7) is -0.0756. The highest BCUT2D eigenvalue weighted by Crippen LogP contribution is 2.33. The lowest BCUT2D eigenvalue weighted by molar-refractivity contribution is -0.274. The van der Waals surface area contributed by atoms with E-state index >= 15 is 0 Å². The van der Waals surface area contributed by atoms with Gasteiger partial charge in [-0.15, -0.1) is 13.2 Å². The molecule has 11 heteroatoms. The monoisotopic (exact) mass is 438 g/mol. The molecule has 2 aromatic rings. The van der Waals surface area contributed by atoms with E-state index in [1.807, 2.05) is 0 Å². The van der Waals surface area contributed by atoms with Crippen LogP contribution in [0.1, 0.15) is 5.56 Å². The summed E-state index contributed by atoms with van der Waals surface area (Å²) in [5, 5.41) is 3.21. The third-order valence-corrected chi connectivity index (χ3v) is 6.08. The first-order valence-electron chi connectivity index (χ1n) is 8.02. The van der Waals surface area contributed by atoms with Gasteiger partial charge in [-0.05, 0) is 42.0 Å². The van der Waals surface area contributed by atoms with Crippen LogP contribution >= 0.6 is 11.6 Å². The third-order valence-electron chi connectivity index (χ3n) is 4.31. The van der Waals surface area contributed by atoms with Gasteiger partial charge < -0.3 is 10.1 Å². The van der Waals surface area contributed by atoms with Crippen LogP contribution in [0.2, 0.25) is 5.02 Å². The molecule has 2 N–H and O–H groups in total. The lowest BCUT2D eigenvalue weighted by Gasteiger charge is -2.32. The Hall–Kier alpha value is -1.88. The molecule has 152 valence electrons. The van der Waals surface area contributed by atoms with Crippen LogP contribution in [0.25, 0.3) is 0 Å². The van der Waals surface area contributed by atoms with Crippen molar-refractivity contribution in [1.29, 1.82) is 0 Å². The number of hydrogen-bond acceptors (Lipinski definition) is 4. The minimum absolute atomic E-state index is 0.00963. The van der Waals surface area contributed by atoms with Gasteiger partial charge in [0.25, 0.3) is 0 Å². The number of benzene rings is 2. The van der Waals surface area contributed by atoms with E-state index in [9.17, 15) is 26.0 Å². The Kier molecular flexibility index (Phi) is 5.59. The van der Waals surface area contributed by atoms with Gasteiger partial charge in [-0.3, -0.25) is 0 Å². The van der Waals surface area contributed by atoms with Crippen molar-refractivity contribution >= 4 is 21.6 Å². The average molecular weight is 439 g/mol. The van der Waals surface area contributed by atoms with E-state index in [0.717, 1.165) is 24.3 Å². The fourth-order valence-electron chi connectivity index (χ4n) is 2.99. The van der Waals surface area contributed by atoms with Crippen LogP contribution in [-0.4, -0.2) is 34.0 Å². The van der Waals surface area contributed by atoms with Crippen LogP contribution in [0.3, 0.4) is 0 Å². The molecule has 0 amide bonds. The Morgan fingerprint density at radius 1 is 1.11 bits per heavy atom. The van der Waals surface area contributed by atoms with Crippen LogP contribution in [0.4, 0.5) is 17.6 Å². The molecule has 0 radical (unpaired) electrons. The summed E-state index contributed by atoms with van der Waals surface area (Å²) in [6, 6.07) is 9.72. The predicted octanol–water partition coefficient (Wildman–Crippen LogP) is 3.35. The van der Waals surface area contributed by atoms with Crippen molar-refractivity contribution in [2.75, 3.05) is 13.1 Å². The Morgan fingerprint density at radius 3 is 2.21 bits per heavy atom. The molecule has 0 aliphatic carbocycles. The molecular weight excluding hydrogens is 424 g/mol. The SMILES string of the molecule is O=S(=O)(N[C@]1(c2ccc(Cl)cc2)CNC[C@@H]1F)c1ccc(OC(F)(F)F)cc1. The summed E-state index contributed by atoms with van der Waals surface area (Å²) in [5.41, 5.74) is -1.21. The number of halogens is 5. The predicted molar refractivity (Wildman–Crippen MR) is 94.3 cm³/mol. The van der Waals surface area contributed by atoms with E-state index in [1.54, 1.807) is 0 Å². The molecule has 2 atom stereocenters. The first-order chi connectivity index (χ1) is 13.0. The standard InChI is InChI=1S/C17H15ClF4N2O3S/c18-12-3-1-11(2-4-12)16(10-23-9-15(16)19)24-28(25,26)14-7-5-13(6-8-14)27-17(20,21)22/h1-8,15,23-24H,9-10H2/t15-,16-/m0/s1. The fourth-order valence-corrected chi connectivity index (χ4v) is 4.53. The molecule has 0 saturated carbocycles. The van der Waals surface area contributed by atoms with Gasteiger partial charge in [-0.2, -0.15) is 4.72 Å². The van der Waals surface area contributed by atoms with Crippen LogP contribution in [-0.2, 0) is 15.6 Å². The highest BCUT2D eigenvalue weighted by molar-refractivity contribution is 7.89. The molecular formula is C17H15ClF4N2O3S. The van der Waals surface area contributed by atoms with E-state index in [-0.39, 0.29) is 18.0 Å². The number of hydrogen-bond donors (Lipinski definition) is 2. The van der Waals surface area contributed by atoms with Gasteiger partial charge in [-0.1, -0.05) is 23.7 Å². The first-order valence-corrected chi connectivity index (χ1v) is 9.89. The van der Waals surface area contributed by atoms with Crippen LogP contribution in [0.15, 0.2) is 53.4 Å². The molecule has 5 nitrogen and oxygen atoms in total. The zero-order valence-electron chi connectivity index (χ0n) is 14.1. The van der Waals surface area contributed by atoms with Gasteiger partial charge in [0, 0.05) is 18.1 Å². The topological polar surface area (TPSA) is 67.4 Å². The summed E-state index contributed by atoms with van der Waals surface area (Å²) in [7, 11) is -4.25. The van der Waals surface area contributed by atoms with Gasteiger partial charge in [0.1, 0.15) is 17.5 Å². The minimum atomic E-state index is -4.89. The second-order valence-corrected chi connectivity index (χ2v) is 8.32. The Labute approximate surface area is 163 Å². The Bertz CT molecular complexity index is 936. The summed E-state index contributed by atoms with van der Waals surface area (Å²) >= 11 is 5.85. The molecule has 1 aliphatic heterocycles. The van der Waals surface area contributed by atoms with Crippen molar-refractivity contribution in [3.63, 3.8) is 0 Å². The Balaban J connectivity index is 1.91. The van der Waals surface area contributed by atoms with Gasteiger partial charge in [0.15, 0.2) is 0 Å². The van der Waals surface area contributed by atoms with E-state index in [0.29, 0.717) is 10.6 Å². The normalized spacial score (nSPS) is 23.0. The maximum atomic E-state index is 14.8. The van der Waals surface area contributed by atoms with E-state index in [2.05, 4.69) is 14.8 Å². The third kappa shape index (κ3) is 4.40. The first kappa shape index (κ1) is 20.8. The smallest absolute Gasteiger partial charge is 0.406 e. The maximum absolute atomic E-state index is 14.8. The van der Waals surface area contributed by atoms with E-state index in [1.165, 1.54) is 24.3 Å². The van der Waals surface area contributed by atoms with Gasteiger partial charge in [0.2, 0.25) is 10.0 Å². The van der Waals surface area contributed by atoms with Crippen molar-refractivity contribution in [3.8, 4) is 5.75 Å². The molecule has 1 fully saturated rings. The number of ether oxygens (including phenoxy) is 1. The van der Waals surface area contributed by atoms with Crippen molar-refractivity contribution in [1.82, 2.24) is 10.0 Å². The highest BCUT2D eigenvalue weighted by Gasteiger charge is 2.48. The summed E-state index contributed by atoms with van der Waals surface area (Å²) in [6.07, 6.45) is -6.47. The van der Waals surface area contributed by atoms with Crippen LogP contribution < -0.4 is 14.8 Å². The number of alkyl halides is 4. The molecule has 0 bridgehead atoms. The lowest BCUT2D eigenvalue weighted by atomic mass is 9.89. The van der Waals surface area contributed by atoms with Gasteiger partial charge in [0.05, 0.1) is 4.90 Å². The van der Waals surface area contributed by atoms with Crippen molar-refractivity contribution in [3.05, 3.63) is 59.1 Å². The number of rotatable bonds is 5. The number of nitrogens with one attached hydrogen (secondary N) is 2. The lowest BCUT2D eigenvalue weighted by Crippen LogP contribution is -2.52. The minimum Gasteiger partial charge on any atom is -0.406 e. The highest BCUT2D eigenvalue weighted by atomic mass is 35.5. The molecule has 0 spiro atoms. The molecule has 3 rings (SSSR count). The molecule has 2 aromatic carbocycles. The largest absolute Gasteiger partial charge is 0.573 e. The second-order valence-electron chi connectivity index (χ2n) is 6.20. The summed E-state index contributed by atoms with van der Waals surface area (Å²) in [5.74, 6) is -0.565. The average Bonchev–Trinajstić information content (AvgIpc) is 2.95. The van der Waals surface area contributed by atoms with Crippen molar-refractivity contribution in [2.45, 2.75) is 23.0 Å². The maximum Gasteiger partial charge on any atom is 0.573 e. The quantitative estimate of drug-likeness (QED) is 0.703. The molecule has 0 unspecified atom stereocenters. The molecule has 1 heterocycles. The van der Waals surface area contributed by atoms with Crippen LogP contribution in [0, 0.1) is 0 Å². The van der Waals surface area contributed by atoms with Crippen LogP contribution in [0.5, 0.6) is 5.75 Å². The number of sulfonamides is 1. The zero-order chi connectivity index (χ0) is 20.6. The van der Waals surface area contributed by atoms with Gasteiger partial charge >= 0.3 is 6.36 Å². The molecule has 1 saturated heterocycles. The zero-order valence-corrected chi connectivity index (χ0v) is 15.7. The van der Waals surface area contributed by atoms with E-state index in [4.69, 9.17) is 11.6 Å². The van der Waals surface area contributed by atoms with E-state index < -0.39 is 33.8 Å². The van der Waals surface area contributed by atoms with Crippen molar-refractivity contribution < 1.29 is 30.7 Å². The molecule has 1 aliphatic rings. The molecule has 28 heavy (non-hydrogen) atoms. The summed E-state index contributed by atoms with van der Waals surface area (Å²) in [4.78, 5) is -0.325. The Morgan fingerprint density at radius 2 is 1.71 bits per heavy atom. The molecule has 0 aromatic heterocycles. The fraction of sp³-hybridized carbons (Fsp3) is 0.294.